The van der Waals surface area contributed by atoms with Gasteiger partial charge in [-0.25, -0.2) is 19.6 Å². The van der Waals surface area contributed by atoms with Gasteiger partial charge in [0.1, 0.15) is 47.6 Å². The molecule has 0 bridgehead atoms. The van der Waals surface area contributed by atoms with Crippen LogP contribution in [0.5, 0.6) is 11.5 Å². The molecule has 4 aromatic rings. The van der Waals surface area contributed by atoms with E-state index in [1.165, 1.54) is 0 Å². The number of likely N-dealkylation sites (tertiary alicyclic amines) is 2. The van der Waals surface area contributed by atoms with Gasteiger partial charge in [0.15, 0.2) is 0 Å². The van der Waals surface area contributed by atoms with Gasteiger partial charge in [-0.2, -0.15) is 0 Å². The number of nitrogens with zero attached hydrogens (tertiary/aromatic N) is 4. The summed E-state index contributed by atoms with van der Waals surface area (Å²) < 4.78 is 24.1. The van der Waals surface area contributed by atoms with Crippen LogP contribution in [0.1, 0.15) is 102 Å². The molecule has 4 aliphatic rings. The van der Waals surface area contributed by atoms with E-state index in [-0.39, 0.29) is 24.3 Å². The van der Waals surface area contributed by atoms with Gasteiger partial charge in [-0.1, -0.05) is 0 Å². The summed E-state index contributed by atoms with van der Waals surface area (Å²) in [5, 5.41) is 0. The Labute approximate surface area is 291 Å². The monoisotopic (exact) mass is 680 g/mol. The molecule has 50 heavy (non-hydrogen) atoms. The molecule has 2 saturated heterocycles. The van der Waals surface area contributed by atoms with Crippen LogP contribution >= 0.6 is 0 Å². The number of benzene rings is 2. The van der Waals surface area contributed by atoms with E-state index < -0.39 is 11.2 Å². The number of H-pyrrole nitrogens is 2. The molecular weight excluding hydrogens is 636 g/mol. The maximum atomic E-state index is 12.9. The summed E-state index contributed by atoms with van der Waals surface area (Å²) in [6, 6.07) is 8.05. The molecule has 0 unspecified atom stereocenters. The number of ether oxygens (including phenoxy) is 4. The molecular formula is C38H44N6O6. The Morgan fingerprint density at radius 2 is 1.12 bits per heavy atom. The van der Waals surface area contributed by atoms with Gasteiger partial charge in [0, 0.05) is 46.5 Å². The number of hydrogen-bond donors (Lipinski definition) is 2. The number of aromatic nitrogens is 4. The van der Waals surface area contributed by atoms with Crippen LogP contribution in [0, 0.1) is 0 Å². The second-order valence-corrected chi connectivity index (χ2v) is 15.6. The van der Waals surface area contributed by atoms with Gasteiger partial charge in [0.25, 0.3) is 0 Å². The number of aromatic amines is 2. The van der Waals surface area contributed by atoms with Crippen molar-refractivity contribution in [2.45, 2.75) is 104 Å². The first-order chi connectivity index (χ1) is 23.8. The zero-order chi connectivity index (χ0) is 34.9. The molecule has 2 N–H and O–H groups in total. The van der Waals surface area contributed by atoms with Crippen LogP contribution in [0.4, 0.5) is 9.59 Å². The zero-order valence-electron chi connectivity index (χ0n) is 29.5. The quantitative estimate of drug-likeness (QED) is 0.221. The van der Waals surface area contributed by atoms with Gasteiger partial charge in [-0.15, -0.1) is 0 Å². The van der Waals surface area contributed by atoms with Crippen molar-refractivity contribution < 1.29 is 28.5 Å². The number of carbonyl (C=O) groups excluding carboxylic acids is 2. The highest BCUT2D eigenvalue weighted by molar-refractivity contribution is 5.88. The Morgan fingerprint density at radius 3 is 1.52 bits per heavy atom. The number of carbonyl (C=O) groups is 2. The molecule has 12 heteroatoms. The lowest BCUT2D eigenvalue weighted by Gasteiger charge is -2.30. The summed E-state index contributed by atoms with van der Waals surface area (Å²) in [5.41, 5.74) is 6.68. The van der Waals surface area contributed by atoms with Gasteiger partial charge in [0.2, 0.25) is 0 Å². The lowest BCUT2D eigenvalue weighted by molar-refractivity contribution is 0.0208. The third-order valence-electron chi connectivity index (χ3n) is 9.59. The number of amides is 2. The van der Waals surface area contributed by atoms with Crippen molar-refractivity contribution in [3.8, 4) is 45.1 Å². The normalized spacial score (nSPS) is 19.6. The van der Waals surface area contributed by atoms with Crippen molar-refractivity contribution >= 4 is 12.2 Å². The third-order valence-corrected chi connectivity index (χ3v) is 9.59. The molecule has 2 aromatic carbocycles. The van der Waals surface area contributed by atoms with Crippen LogP contribution in [0.15, 0.2) is 36.7 Å². The Bertz CT molecular complexity index is 1790. The van der Waals surface area contributed by atoms with E-state index >= 15 is 0 Å². The summed E-state index contributed by atoms with van der Waals surface area (Å²) in [6.45, 7) is 13.4. The molecule has 2 atom stereocenters. The highest BCUT2D eigenvalue weighted by Gasteiger charge is 2.37. The van der Waals surface area contributed by atoms with Crippen LogP contribution in [-0.2, 0) is 22.7 Å². The van der Waals surface area contributed by atoms with Crippen molar-refractivity contribution in [1.29, 1.82) is 0 Å². The molecule has 2 aromatic heterocycles. The second kappa shape index (κ2) is 11.8. The highest BCUT2D eigenvalue weighted by Crippen LogP contribution is 2.51. The highest BCUT2D eigenvalue weighted by atomic mass is 16.6. The number of nitrogens with one attached hydrogen (secondary N) is 2. The minimum absolute atomic E-state index is 0.161. The number of rotatable bonds is 4. The summed E-state index contributed by atoms with van der Waals surface area (Å²) >= 11 is 0. The minimum atomic E-state index is -0.560. The summed E-state index contributed by atoms with van der Waals surface area (Å²) in [5.74, 6) is 3.11. The summed E-state index contributed by atoms with van der Waals surface area (Å²) in [4.78, 5) is 45.7. The number of hydrogen-bond acceptors (Lipinski definition) is 8. The van der Waals surface area contributed by atoms with Crippen LogP contribution in [-0.4, -0.2) is 66.2 Å². The van der Waals surface area contributed by atoms with Gasteiger partial charge in [-0.05, 0) is 91.5 Å². The first-order valence-electron chi connectivity index (χ1n) is 17.5. The maximum Gasteiger partial charge on any atom is 0.410 e. The fourth-order valence-corrected chi connectivity index (χ4v) is 7.48. The molecule has 2 fully saturated rings. The molecule has 0 aliphatic carbocycles. The van der Waals surface area contributed by atoms with E-state index in [1.807, 2.05) is 53.9 Å². The first-order valence-corrected chi connectivity index (χ1v) is 17.5. The first kappa shape index (κ1) is 32.2. The fraction of sp³-hybridized carbons (Fsp3) is 0.474. The summed E-state index contributed by atoms with van der Waals surface area (Å²) in [6.07, 6.45) is 6.46. The fourth-order valence-electron chi connectivity index (χ4n) is 7.48. The van der Waals surface area contributed by atoms with E-state index in [1.54, 1.807) is 9.80 Å². The molecule has 0 saturated carbocycles. The van der Waals surface area contributed by atoms with E-state index in [0.29, 0.717) is 26.3 Å². The molecule has 8 rings (SSSR count). The zero-order valence-corrected chi connectivity index (χ0v) is 29.5. The molecule has 4 aliphatic heterocycles. The largest absolute Gasteiger partial charge is 0.488 e. The average Bonchev–Trinajstić information content (AvgIpc) is 3.87. The smallest absolute Gasteiger partial charge is 0.410 e. The van der Waals surface area contributed by atoms with E-state index in [0.717, 1.165) is 93.6 Å². The molecule has 2 amide bonds. The van der Waals surface area contributed by atoms with Gasteiger partial charge >= 0.3 is 12.2 Å². The van der Waals surface area contributed by atoms with Gasteiger partial charge in [0.05, 0.1) is 35.9 Å². The topological polar surface area (TPSA) is 135 Å². The second-order valence-electron chi connectivity index (χ2n) is 15.6. The lowest BCUT2D eigenvalue weighted by atomic mass is 9.87. The Hall–Kier alpha value is -5.00. The van der Waals surface area contributed by atoms with Crippen molar-refractivity contribution in [3.05, 3.63) is 59.4 Å². The molecule has 0 radical (unpaired) electrons. The van der Waals surface area contributed by atoms with Crippen molar-refractivity contribution in [3.63, 3.8) is 0 Å². The minimum Gasteiger partial charge on any atom is -0.488 e. The summed E-state index contributed by atoms with van der Waals surface area (Å²) in [7, 11) is 0. The Kier molecular flexibility index (Phi) is 7.61. The molecule has 262 valence electrons. The number of imidazole rings is 2. The standard InChI is InChI=1S/C38H44N6O6/c1-37(2,3)49-35(45)43-11-7-9-27(43)33-39-17-25(41-33)21-13-23-19-48-30-16-22(14-24-20-47-29(15-21)31(23)32(24)30)26-18-40-34(42-26)28-10-8-12-44(28)36(46)50-38(4,5)6/h13-18,27-28H,7-12,19-20H2,1-6H3,(H,39,41)(H,40,42)/t27-,28-/m0/s1. The van der Waals surface area contributed by atoms with Crippen molar-refractivity contribution in [1.82, 2.24) is 29.7 Å². The average molecular weight is 681 g/mol. The predicted molar refractivity (Wildman–Crippen MR) is 186 cm³/mol. The molecule has 12 nitrogen and oxygen atoms in total. The predicted octanol–water partition coefficient (Wildman–Crippen LogP) is 8.06. The van der Waals surface area contributed by atoms with E-state index in [4.69, 9.17) is 28.9 Å². The molecule has 0 spiro atoms. The molecule has 6 heterocycles. The van der Waals surface area contributed by atoms with Crippen LogP contribution in [0.25, 0.3) is 33.6 Å². The van der Waals surface area contributed by atoms with Gasteiger partial charge in [-0.3, -0.25) is 9.80 Å². The van der Waals surface area contributed by atoms with Crippen molar-refractivity contribution in [2.75, 3.05) is 13.1 Å². The Morgan fingerprint density at radius 1 is 0.700 bits per heavy atom. The van der Waals surface area contributed by atoms with Gasteiger partial charge < -0.3 is 28.9 Å². The SMILES string of the molecule is CC(C)(C)OC(=O)N1CCC[C@H]1c1ncc(-c2cc3c4c(c2)OCc2cc(-c5cnc([C@@H]6CCCN6C(=O)OC(C)(C)C)[nH]5)cc(c2-4)OC3)[nH]1. The van der Waals surface area contributed by atoms with Crippen LogP contribution in [0.2, 0.25) is 0 Å². The Balaban J connectivity index is 1.04. The van der Waals surface area contributed by atoms with Crippen LogP contribution < -0.4 is 9.47 Å². The third kappa shape index (κ3) is 5.94. The van der Waals surface area contributed by atoms with Crippen LogP contribution in [0.3, 0.4) is 0 Å². The maximum absolute atomic E-state index is 12.9. The van der Waals surface area contributed by atoms with Crippen molar-refractivity contribution in [2.24, 2.45) is 0 Å². The lowest BCUT2D eigenvalue weighted by Crippen LogP contribution is -2.36. The van der Waals surface area contributed by atoms with E-state index in [2.05, 4.69) is 34.2 Å². The van der Waals surface area contributed by atoms with E-state index in [9.17, 15) is 9.59 Å².